The summed E-state index contributed by atoms with van der Waals surface area (Å²) in [5, 5.41) is 0. The Kier molecular flexibility index (Phi) is 1.68. The van der Waals surface area contributed by atoms with Crippen LogP contribution in [0.2, 0.25) is 0 Å². The van der Waals surface area contributed by atoms with Crippen LogP contribution in [0.5, 0.6) is 0 Å². The molecule has 1 aliphatic heterocycles. The van der Waals surface area contributed by atoms with Crippen molar-refractivity contribution in [1.29, 1.82) is 0 Å². The fourth-order valence-corrected chi connectivity index (χ4v) is 1.64. The largest absolute Gasteiger partial charge is 0.339 e. The summed E-state index contributed by atoms with van der Waals surface area (Å²) >= 11 is 0. The average Bonchev–Trinajstić information content (AvgIpc) is 2.68. The molecule has 1 amide bonds. The summed E-state index contributed by atoms with van der Waals surface area (Å²) in [4.78, 5) is 12.4. The number of amides is 1. The first-order valence-electron chi connectivity index (χ1n) is 4.31. The maximum atomic E-state index is 10.5. The Hall–Kier alpha value is -0.790. The zero-order valence-electron chi connectivity index (χ0n) is 6.62. The van der Waals surface area contributed by atoms with Crippen molar-refractivity contribution in [3.05, 3.63) is 11.6 Å². The zero-order chi connectivity index (χ0) is 7.68. The van der Waals surface area contributed by atoms with Gasteiger partial charge in [0.1, 0.15) is 0 Å². The van der Waals surface area contributed by atoms with E-state index in [2.05, 4.69) is 6.08 Å². The SMILES string of the molecule is O=CN1CCCC1C=C1CC1. The third-order valence-electron chi connectivity index (χ3n) is 2.44. The van der Waals surface area contributed by atoms with Gasteiger partial charge in [-0.15, -0.1) is 0 Å². The van der Waals surface area contributed by atoms with Crippen LogP contribution in [0.25, 0.3) is 0 Å². The van der Waals surface area contributed by atoms with E-state index in [0.29, 0.717) is 6.04 Å². The van der Waals surface area contributed by atoms with Gasteiger partial charge >= 0.3 is 0 Å². The van der Waals surface area contributed by atoms with E-state index in [4.69, 9.17) is 0 Å². The van der Waals surface area contributed by atoms with Crippen molar-refractivity contribution in [1.82, 2.24) is 4.90 Å². The minimum absolute atomic E-state index is 0.435. The van der Waals surface area contributed by atoms with Gasteiger partial charge in [0.2, 0.25) is 6.41 Å². The number of likely N-dealkylation sites (tertiary alicyclic amines) is 1. The van der Waals surface area contributed by atoms with E-state index >= 15 is 0 Å². The van der Waals surface area contributed by atoms with Gasteiger partial charge in [-0.25, -0.2) is 0 Å². The van der Waals surface area contributed by atoms with Gasteiger partial charge < -0.3 is 4.90 Å². The van der Waals surface area contributed by atoms with Crippen LogP contribution in [-0.4, -0.2) is 23.9 Å². The van der Waals surface area contributed by atoms with Gasteiger partial charge in [-0.2, -0.15) is 0 Å². The molecule has 1 heterocycles. The van der Waals surface area contributed by atoms with Gasteiger partial charge in [0, 0.05) is 6.54 Å². The summed E-state index contributed by atoms with van der Waals surface area (Å²) in [5.74, 6) is 0. The van der Waals surface area contributed by atoms with Crippen molar-refractivity contribution in [3.63, 3.8) is 0 Å². The van der Waals surface area contributed by atoms with Crippen LogP contribution >= 0.6 is 0 Å². The third kappa shape index (κ3) is 1.44. The zero-order valence-corrected chi connectivity index (χ0v) is 6.62. The second-order valence-corrected chi connectivity index (χ2v) is 3.38. The molecular formula is C9H13NO. The topological polar surface area (TPSA) is 20.3 Å². The molecule has 2 heteroatoms. The average molecular weight is 151 g/mol. The van der Waals surface area contributed by atoms with E-state index in [1.54, 1.807) is 5.57 Å². The highest BCUT2D eigenvalue weighted by Gasteiger charge is 2.23. The molecule has 0 aromatic rings. The first kappa shape index (κ1) is 6.89. The number of hydrogen-bond acceptors (Lipinski definition) is 1. The Morgan fingerprint density at radius 3 is 2.91 bits per heavy atom. The van der Waals surface area contributed by atoms with Crippen molar-refractivity contribution >= 4 is 6.41 Å². The Labute approximate surface area is 66.9 Å². The first-order valence-corrected chi connectivity index (χ1v) is 4.31. The second-order valence-electron chi connectivity index (χ2n) is 3.38. The number of carbonyl (C=O) groups is 1. The summed E-state index contributed by atoms with van der Waals surface area (Å²) in [6, 6.07) is 0.435. The Morgan fingerprint density at radius 2 is 2.27 bits per heavy atom. The van der Waals surface area contributed by atoms with Crippen LogP contribution in [-0.2, 0) is 4.79 Å². The molecule has 1 unspecified atom stereocenters. The van der Waals surface area contributed by atoms with Crippen LogP contribution in [0.4, 0.5) is 0 Å². The highest BCUT2D eigenvalue weighted by Crippen LogP contribution is 2.30. The second kappa shape index (κ2) is 2.68. The van der Waals surface area contributed by atoms with Gasteiger partial charge in [0.05, 0.1) is 6.04 Å². The molecule has 60 valence electrons. The monoisotopic (exact) mass is 151 g/mol. The molecule has 1 aliphatic carbocycles. The fourth-order valence-electron chi connectivity index (χ4n) is 1.64. The molecular weight excluding hydrogens is 138 g/mol. The van der Waals surface area contributed by atoms with Crippen molar-refractivity contribution in [2.75, 3.05) is 6.54 Å². The standard InChI is InChI=1S/C9H13NO/c11-7-10-5-1-2-9(10)6-8-3-4-8/h6-7,9H,1-5H2. The lowest BCUT2D eigenvalue weighted by molar-refractivity contribution is -0.118. The summed E-state index contributed by atoms with van der Waals surface area (Å²) in [7, 11) is 0. The molecule has 1 atom stereocenters. The molecule has 0 N–H and O–H groups in total. The van der Waals surface area contributed by atoms with Crippen LogP contribution in [0.1, 0.15) is 25.7 Å². The molecule has 0 radical (unpaired) electrons. The van der Waals surface area contributed by atoms with E-state index in [-0.39, 0.29) is 0 Å². The number of carbonyl (C=O) groups excluding carboxylic acids is 1. The molecule has 2 fully saturated rings. The van der Waals surface area contributed by atoms with E-state index in [9.17, 15) is 4.79 Å². The lowest BCUT2D eigenvalue weighted by Crippen LogP contribution is -2.25. The fraction of sp³-hybridized carbons (Fsp3) is 0.667. The lowest BCUT2D eigenvalue weighted by atomic mass is 10.2. The number of hydrogen-bond donors (Lipinski definition) is 0. The predicted molar refractivity (Wildman–Crippen MR) is 43.1 cm³/mol. The Balaban J connectivity index is 2.00. The van der Waals surface area contributed by atoms with Gasteiger partial charge in [-0.05, 0) is 25.7 Å². The molecule has 2 nitrogen and oxygen atoms in total. The van der Waals surface area contributed by atoms with Crippen molar-refractivity contribution < 1.29 is 4.79 Å². The lowest BCUT2D eigenvalue weighted by Gasteiger charge is -2.15. The molecule has 0 aromatic carbocycles. The maximum absolute atomic E-state index is 10.5. The highest BCUT2D eigenvalue weighted by molar-refractivity contribution is 5.49. The van der Waals surface area contributed by atoms with Crippen molar-refractivity contribution in [3.8, 4) is 0 Å². The van der Waals surface area contributed by atoms with Crippen molar-refractivity contribution in [2.24, 2.45) is 0 Å². The summed E-state index contributed by atoms with van der Waals surface area (Å²) in [6.07, 6.45) is 8.14. The molecule has 0 spiro atoms. The molecule has 0 bridgehead atoms. The van der Waals surface area contributed by atoms with E-state index in [0.717, 1.165) is 13.0 Å². The number of allylic oxidation sites excluding steroid dienone is 1. The third-order valence-corrected chi connectivity index (χ3v) is 2.44. The quantitative estimate of drug-likeness (QED) is 0.430. The Morgan fingerprint density at radius 1 is 1.45 bits per heavy atom. The minimum atomic E-state index is 0.435. The van der Waals surface area contributed by atoms with Crippen LogP contribution in [0.3, 0.4) is 0 Å². The molecule has 2 aliphatic rings. The van der Waals surface area contributed by atoms with E-state index in [1.165, 1.54) is 25.7 Å². The summed E-state index contributed by atoms with van der Waals surface area (Å²) in [5.41, 5.74) is 1.55. The number of nitrogens with zero attached hydrogens (tertiary/aromatic N) is 1. The van der Waals surface area contributed by atoms with E-state index < -0.39 is 0 Å². The molecule has 0 aromatic heterocycles. The molecule has 2 rings (SSSR count). The highest BCUT2D eigenvalue weighted by atomic mass is 16.1. The first-order chi connectivity index (χ1) is 5.40. The van der Waals surface area contributed by atoms with Crippen LogP contribution in [0.15, 0.2) is 11.6 Å². The van der Waals surface area contributed by atoms with Gasteiger partial charge in [0.15, 0.2) is 0 Å². The van der Waals surface area contributed by atoms with E-state index in [1.807, 2.05) is 4.90 Å². The molecule has 11 heavy (non-hydrogen) atoms. The summed E-state index contributed by atoms with van der Waals surface area (Å²) in [6.45, 7) is 0.956. The van der Waals surface area contributed by atoms with Gasteiger partial charge in [0.25, 0.3) is 0 Å². The molecule has 1 saturated carbocycles. The van der Waals surface area contributed by atoms with Gasteiger partial charge in [-0.1, -0.05) is 11.6 Å². The molecule has 1 saturated heterocycles. The van der Waals surface area contributed by atoms with Crippen molar-refractivity contribution in [2.45, 2.75) is 31.7 Å². The Bertz CT molecular complexity index is 192. The van der Waals surface area contributed by atoms with Crippen LogP contribution < -0.4 is 0 Å². The van der Waals surface area contributed by atoms with Gasteiger partial charge in [-0.3, -0.25) is 4.79 Å². The predicted octanol–water partition coefficient (Wildman–Crippen LogP) is 1.33. The smallest absolute Gasteiger partial charge is 0.210 e. The normalized spacial score (nSPS) is 28.9. The maximum Gasteiger partial charge on any atom is 0.210 e. The minimum Gasteiger partial charge on any atom is -0.339 e. The number of rotatable bonds is 2. The summed E-state index contributed by atoms with van der Waals surface area (Å²) < 4.78 is 0. The van der Waals surface area contributed by atoms with Crippen LogP contribution in [0, 0.1) is 0 Å².